The highest BCUT2D eigenvalue weighted by atomic mass is 15.7. The summed E-state index contributed by atoms with van der Waals surface area (Å²) in [6.45, 7) is 3.07. The van der Waals surface area contributed by atoms with Crippen molar-refractivity contribution < 1.29 is 0 Å². The van der Waals surface area contributed by atoms with Crippen LogP contribution in [-0.4, -0.2) is 11.7 Å². The van der Waals surface area contributed by atoms with Gasteiger partial charge in [0.1, 0.15) is 0 Å². The Labute approximate surface area is 115 Å². The average molecular weight is 254 g/mol. The lowest BCUT2D eigenvalue weighted by atomic mass is 10.3. The number of unbranched alkanes of at least 4 members (excludes halogenated alkanes) is 1. The van der Waals surface area contributed by atoms with E-state index in [-0.39, 0.29) is 0 Å². The van der Waals surface area contributed by atoms with E-state index in [0.717, 1.165) is 30.8 Å². The van der Waals surface area contributed by atoms with Crippen LogP contribution in [0.3, 0.4) is 0 Å². The van der Waals surface area contributed by atoms with E-state index in [1.165, 1.54) is 0 Å². The van der Waals surface area contributed by atoms with Gasteiger partial charge in [-0.05, 0) is 30.7 Å². The first kappa shape index (κ1) is 13.4. The van der Waals surface area contributed by atoms with Gasteiger partial charge in [-0.25, -0.2) is 0 Å². The molecule has 0 bridgehead atoms. The molecular weight excluding hydrogens is 234 g/mol. The second kappa shape index (κ2) is 7.44. The van der Waals surface area contributed by atoms with E-state index in [1.54, 1.807) is 0 Å². The van der Waals surface area contributed by atoms with E-state index in [0.29, 0.717) is 0 Å². The summed E-state index contributed by atoms with van der Waals surface area (Å²) in [5, 5.41) is 1.91. The second-order valence-electron chi connectivity index (χ2n) is 4.39. The number of rotatable bonds is 7. The highest BCUT2D eigenvalue weighted by Gasteiger charge is 2.06. The quantitative estimate of drug-likeness (QED) is 0.758. The largest absolute Gasteiger partial charge is 0.300 e. The number of para-hydroxylation sites is 1. The number of hydrazine groups is 1. The van der Waals surface area contributed by atoms with Crippen molar-refractivity contribution in [1.29, 1.82) is 0 Å². The van der Waals surface area contributed by atoms with Crippen LogP contribution in [0.25, 0.3) is 0 Å². The zero-order valence-corrected chi connectivity index (χ0v) is 11.3. The van der Waals surface area contributed by atoms with E-state index in [9.17, 15) is 0 Å². The van der Waals surface area contributed by atoms with Gasteiger partial charge in [0.2, 0.25) is 0 Å². The van der Waals surface area contributed by atoms with Crippen LogP contribution in [0.4, 0.5) is 11.4 Å². The van der Waals surface area contributed by atoms with Gasteiger partial charge in [0.15, 0.2) is 0 Å². The third kappa shape index (κ3) is 4.64. The van der Waals surface area contributed by atoms with Gasteiger partial charge < -0.3 is 0 Å². The van der Waals surface area contributed by atoms with E-state index < -0.39 is 0 Å². The number of nitrogens with zero attached hydrogens (tertiary/aromatic N) is 2. The van der Waals surface area contributed by atoms with Crippen molar-refractivity contribution in [3.63, 3.8) is 0 Å². The predicted molar refractivity (Wildman–Crippen MR) is 79.9 cm³/mol. The fourth-order valence-electron chi connectivity index (χ4n) is 1.73. The normalized spacial score (nSPS) is 10.4. The Morgan fingerprint density at radius 3 is 2.21 bits per heavy atom. The monoisotopic (exact) mass is 254 g/mol. The zero-order chi connectivity index (χ0) is 13.3. The molecule has 0 heterocycles. The van der Waals surface area contributed by atoms with E-state index in [2.05, 4.69) is 17.8 Å². The van der Waals surface area contributed by atoms with Crippen molar-refractivity contribution in [1.82, 2.24) is 10.5 Å². The number of benzene rings is 2. The van der Waals surface area contributed by atoms with Crippen molar-refractivity contribution in [2.75, 3.05) is 12.0 Å². The summed E-state index contributed by atoms with van der Waals surface area (Å²) in [7, 11) is 0. The van der Waals surface area contributed by atoms with Crippen LogP contribution in [0, 0.1) is 0 Å². The number of anilines is 1. The van der Waals surface area contributed by atoms with Gasteiger partial charge >= 0.3 is 0 Å². The molecule has 2 aromatic rings. The molecule has 1 N–H and O–H groups in total. The number of hydrogen-bond donors (Lipinski definition) is 1. The first-order valence-corrected chi connectivity index (χ1v) is 6.74. The summed E-state index contributed by atoms with van der Waals surface area (Å²) < 4.78 is 0. The number of hydrogen-bond acceptors (Lipinski definition) is 2. The molecule has 0 spiro atoms. The standard InChI is InChI=1S/C16H20N3/c1-2-3-14-19(17-15-10-6-4-7-11-15)18-16-12-8-5-9-13-16/h4-13,17H,2-3,14H2,1H3. The summed E-state index contributed by atoms with van der Waals surface area (Å²) >= 11 is 0. The van der Waals surface area contributed by atoms with Crippen LogP contribution < -0.4 is 10.9 Å². The van der Waals surface area contributed by atoms with Crippen molar-refractivity contribution in [3.05, 3.63) is 60.7 Å². The average Bonchev–Trinajstić information content (AvgIpc) is 2.47. The summed E-state index contributed by atoms with van der Waals surface area (Å²) in [4.78, 5) is 0. The van der Waals surface area contributed by atoms with Crippen molar-refractivity contribution >= 4 is 11.4 Å². The van der Waals surface area contributed by atoms with Gasteiger partial charge in [-0.3, -0.25) is 5.43 Å². The van der Waals surface area contributed by atoms with Crippen LogP contribution in [0.1, 0.15) is 19.8 Å². The lowest BCUT2D eigenvalue weighted by Crippen LogP contribution is -2.35. The van der Waals surface area contributed by atoms with Crippen LogP contribution >= 0.6 is 0 Å². The number of nitrogens with one attached hydrogen (secondary N) is 1. The first-order chi connectivity index (χ1) is 9.38. The SMILES string of the molecule is CCCCN([N]c1ccccc1)Nc1ccccc1. The minimum absolute atomic E-state index is 0.889. The van der Waals surface area contributed by atoms with Crippen LogP contribution in [-0.2, 0) is 0 Å². The molecular formula is C16H20N3. The topological polar surface area (TPSA) is 29.4 Å². The third-order valence-electron chi connectivity index (χ3n) is 2.75. The van der Waals surface area contributed by atoms with Crippen LogP contribution in [0.15, 0.2) is 60.7 Å². The molecule has 0 atom stereocenters. The molecule has 19 heavy (non-hydrogen) atoms. The molecule has 0 aliphatic carbocycles. The minimum atomic E-state index is 0.889. The maximum atomic E-state index is 4.61. The Bertz CT molecular complexity index is 414. The molecule has 0 saturated carbocycles. The summed E-state index contributed by atoms with van der Waals surface area (Å²) in [5.74, 6) is 0. The molecule has 3 nitrogen and oxygen atoms in total. The zero-order valence-electron chi connectivity index (χ0n) is 11.3. The molecule has 2 aromatic carbocycles. The van der Waals surface area contributed by atoms with E-state index >= 15 is 0 Å². The van der Waals surface area contributed by atoms with Crippen molar-refractivity contribution in [2.45, 2.75) is 19.8 Å². The van der Waals surface area contributed by atoms with Gasteiger partial charge in [-0.1, -0.05) is 49.7 Å². The maximum absolute atomic E-state index is 4.61. The molecule has 2 rings (SSSR count). The third-order valence-corrected chi connectivity index (χ3v) is 2.75. The lowest BCUT2D eigenvalue weighted by molar-refractivity contribution is 0.265. The summed E-state index contributed by atoms with van der Waals surface area (Å²) in [6, 6.07) is 20.1. The smallest absolute Gasteiger partial charge is 0.0796 e. The Balaban J connectivity index is 1.99. The van der Waals surface area contributed by atoms with Gasteiger partial charge in [0.25, 0.3) is 0 Å². The molecule has 0 aliphatic heterocycles. The molecule has 3 heteroatoms. The molecule has 99 valence electrons. The molecule has 0 aromatic heterocycles. The van der Waals surface area contributed by atoms with Crippen LogP contribution in [0.2, 0.25) is 0 Å². The molecule has 0 aliphatic rings. The van der Waals surface area contributed by atoms with Crippen molar-refractivity contribution in [2.24, 2.45) is 0 Å². The first-order valence-electron chi connectivity index (χ1n) is 6.74. The lowest BCUT2D eigenvalue weighted by Gasteiger charge is -2.22. The predicted octanol–water partition coefficient (Wildman–Crippen LogP) is 3.97. The molecule has 0 unspecified atom stereocenters. The van der Waals surface area contributed by atoms with Gasteiger partial charge in [-0.15, -0.1) is 5.12 Å². The van der Waals surface area contributed by atoms with E-state index in [1.807, 2.05) is 65.8 Å². The molecule has 1 radical (unpaired) electrons. The van der Waals surface area contributed by atoms with Gasteiger partial charge in [-0.2, -0.15) is 5.43 Å². The fourth-order valence-corrected chi connectivity index (χ4v) is 1.73. The summed E-state index contributed by atoms with van der Waals surface area (Å²) in [6.07, 6.45) is 2.26. The fraction of sp³-hybridized carbons (Fsp3) is 0.250. The summed E-state index contributed by atoms with van der Waals surface area (Å²) in [5.41, 5.74) is 9.96. The Hall–Kier alpha value is -2.00. The van der Waals surface area contributed by atoms with Gasteiger partial charge in [0.05, 0.1) is 11.4 Å². The van der Waals surface area contributed by atoms with Crippen LogP contribution in [0.5, 0.6) is 0 Å². The maximum Gasteiger partial charge on any atom is 0.0796 e. The highest BCUT2D eigenvalue weighted by Crippen LogP contribution is 2.11. The van der Waals surface area contributed by atoms with Gasteiger partial charge in [0, 0.05) is 6.54 Å². The Morgan fingerprint density at radius 2 is 1.58 bits per heavy atom. The Morgan fingerprint density at radius 1 is 0.947 bits per heavy atom. The van der Waals surface area contributed by atoms with E-state index in [4.69, 9.17) is 0 Å². The molecule has 0 saturated heterocycles. The molecule has 0 amide bonds. The minimum Gasteiger partial charge on any atom is -0.300 e. The second-order valence-corrected chi connectivity index (χ2v) is 4.39. The molecule has 0 fully saturated rings. The highest BCUT2D eigenvalue weighted by molar-refractivity contribution is 5.42. The van der Waals surface area contributed by atoms with Crippen molar-refractivity contribution in [3.8, 4) is 0 Å². The Kier molecular flexibility index (Phi) is 5.26.